The molecule has 3 amide bonds. The quantitative estimate of drug-likeness (QED) is 0.510. The summed E-state index contributed by atoms with van der Waals surface area (Å²) in [5.41, 5.74) is 1.65. The maximum absolute atomic E-state index is 14.7. The Labute approximate surface area is 214 Å². The molecule has 186 valence electrons. The maximum Gasteiger partial charge on any atom is 0.253 e. The third-order valence-electron chi connectivity index (χ3n) is 8.66. The largest absolute Gasteiger partial charge is 0.306 e. The molecule has 7 heteroatoms. The van der Waals surface area contributed by atoms with Crippen molar-refractivity contribution in [2.24, 2.45) is 11.8 Å². The molecule has 3 aromatic carbocycles. The molecule has 6 nitrogen and oxygen atoms in total. The van der Waals surface area contributed by atoms with Crippen LogP contribution in [0, 0.1) is 17.7 Å². The number of halogens is 1. The average Bonchev–Trinajstić information content (AvgIpc) is 3.47. The number of carbonyl (C=O) groups is 3. The molecule has 0 aliphatic carbocycles. The molecule has 4 heterocycles. The number of imide groups is 1. The monoisotopic (exact) mass is 495 g/mol. The van der Waals surface area contributed by atoms with Crippen LogP contribution < -0.4 is 9.80 Å². The second-order valence-electron chi connectivity index (χ2n) is 10.4. The number of para-hydroxylation sites is 2. The first-order chi connectivity index (χ1) is 18.0. The van der Waals surface area contributed by atoms with Crippen molar-refractivity contribution in [3.8, 4) is 0 Å². The highest BCUT2D eigenvalue weighted by Crippen LogP contribution is 2.61. The van der Waals surface area contributed by atoms with Gasteiger partial charge in [0.05, 0.1) is 24.1 Å². The molecule has 3 saturated heterocycles. The van der Waals surface area contributed by atoms with Gasteiger partial charge in [-0.15, -0.1) is 0 Å². The summed E-state index contributed by atoms with van der Waals surface area (Å²) in [7, 11) is 0. The fourth-order valence-corrected chi connectivity index (χ4v) is 7.27. The van der Waals surface area contributed by atoms with Crippen molar-refractivity contribution in [3.63, 3.8) is 0 Å². The van der Waals surface area contributed by atoms with Crippen LogP contribution in [0.2, 0.25) is 0 Å². The molecule has 0 unspecified atom stereocenters. The minimum Gasteiger partial charge on any atom is -0.306 e. The lowest BCUT2D eigenvalue weighted by atomic mass is 9.76. The molecule has 7 rings (SSSR count). The average molecular weight is 496 g/mol. The molecule has 0 radical (unpaired) electrons. The Morgan fingerprint density at radius 2 is 1.57 bits per heavy atom. The second-order valence-corrected chi connectivity index (χ2v) is 10.4. The van der Waals surface area contributed by atoms with Crippen molar-refractivity contribution in [1.82, 2.24) is 4.90 Å². The fourth-order valence-electron chi connectivity index (χ4n) is 7.27. The van der Waals surface area contributed by atoms with E-state index in [2.05, 4.69) is 4.90 Å². The topological polar surface area (TPSA) is 60.9 Å². The van der Waals surface area contributed by atoms with Crippen LogP contribution in [0.5, 0.6) is 0 Å². The van der Waals surface area contributed by atoms with Gasteiger partial charge in [0.2, 0.25) is 11.8 Å². The lowest BCUT2D eigenvalue weighted by Crippen LogP contribution is -2.58. The SMILES string of the molecule is O=C1[C@H]2[C@@H](C(=O)N1c1ccccc1)[C@]1(C(=O)N(Cc3ccc(F)cc3)c3ccccc31)N1CCCC[C@@H]21. The first kappa shape index (κ1) is 22.4. The molecule has 0 saturated carbocycles. The summed E-state index contributed by atoms with van der Waals surface area (Å²) in [5.74, 6) is -2.39. The van der Waals surface area contributed by atoms with E-state index in [-0.39, 0.29) is 36.1 Å². The summed E-state index contributed by atoms with van der Waals surface area (Å²) < 4.78 is 13.6. The minimum absolute atomic E-state index is 0.173. The molecular formula is C30H26FN3O3. The van der Waals surface area contributed by atoms with E-state index < -0.39 is 17.4 Å². The Kier molecular flexibility index (Phi) is 4.88. The standard InChI is InChI=1S/C30H26FN3O3/c31-20-15-13-19(14-16-20)18-32-23-11-5-4-10-22(23)30(29(32)37)26-25(24-12-6-7-17-33(24)30)27(35)34(28(26)36)21-8-2-1-3-9-21/h1-5,8-11,13-16,24-26H,6-7,12,17-18H2/t24-,25+,26-,30+/m0/s1. The Morgan fingerprint density at radius 1 is 0.838 bits per heavy atom. The molecule has 0 bridgehead atoms. The van der Waals surface area contributed by atoms with Crippen LogP contribution in [0.3, 0.4) is 0 Å². The Morgan fingerprint density at radius 3 is 2.35 bits per heavy atom. The van der Waals surface area contributed by atoms with Gasteiger partial charge in [-0.05, 0) is 55.3 Å². The number of fused-ring (bicyclic) bond motifs is 7. The molecule has 4 atom stereocenters. The summed E-state index contributed by atoms with van der Waals surface area (Å²) >= 11 is 0. The van der Waals surface area contributed by atoms with E-state index in [0.29, 0.717) is 12.2 Å². The second kappa shape index (κ2) is 8.08. The minimum atomic E-state index is -1.23. The highest BCUT2D eigenvalue weighted by molar-refractivity contribution is 6.26. The highest BCUT2D eigenvalue weighted by atomic mass is 19.1. The van der Waals surface area contributed by atoms with Gasteiger partial charge in [-0.3, -0.25) is 19.3 Å². The van der Waals surface area contributed by atoms with E-state index in [0.717, 1.165) is 36.1 Å². The van der Waals surface area contributed by atoms with Crippen LogP contribution in [0.15, 0.2) is 78.9 Å². The smallest absolute Gasteiger partial charge is 0.253 e. The first-order valence-corrected chi connectivity index (χ1v) is 12.9. The molecule has 0 N–H and O–H groups in total. The molecule has 1 spiro atoms. The van der Waals surface area contributed by atoms with Gasteiger partial charge in [0.25, 0.3) is 5.91 Å². The van der Waals surface area contributed by atoms with Crippen molar-refractivity contribution < 1.29 is 18.8 Å². The van der Waals surface area contributed by atoms with Crippen molar-refractivity contribution >= 4 is 29.1 Å². The van der Waals surface area contributed by atoms with Gasteiger partial charge in [-0.1, -0.05) is 55.0 Å². The van der Waals surface area contributed by atoms with Gasteiger partial charge in [0.1, 0.15) is 11.4 Å². The van der Waals surface area contributed by atoms with Crippen LogP contribution in [0.25, 0.3) is 0 Å². The van der Waals surface area contributed by atoms with E-state index >= 15 is 0 Å². The molecule has 3 fully saturated rings. The number of benzene rings is 3. The van der Waals surface area contributed by atoms with Gasteiger partial charge in [-0.25, -0.2) is 9.29 Å². The van der Waals surface area contributed by atoms with E-state index in [4.69, 9.17) is 0 Å². The van der Waals surface area contributed by atoms with Crippen LogP contribution in [-0.2, 0) is 26.5 Å². The summed E-state index contributed by atoms with van der Waals surface area (Å²) in [4.78, 5) is 48.0. The number of hydrogen-bond donors (Lipinski definition) is 0. The Bertz CT molecular complexity index is 1430. The molecule has 0 aromatic heterocycles. The number of nitrogens with zero attached hydrogens (tertiary/aromatic N) is 3. The van der Waals surface area contributed by atoms with Gasteiger partial charge < -0.3 is 4.90 Å². The van der Waals surface area contributed by atoms with Crippen LogP contribution in [0.1, 0.15) is 30.4 Å². The number of anilines is 2. The summed E-state index contributed by atoms with van der Waals surface area (Å²) in [5, 5.41) is 0. The van der Waals surface area contributed by atoms with Crippen molar-refractivity contribution in [3.05, 3.63) is 95.8 Å². The van der Waals surface area contributed by atoms with Gasteiger partial charge in [0.15, 0.2) is 0 Å². The predicted octanol–water partition coefficient (Wildman–Crippen LogP) is 4.24. The molecule has 3 aromatic rings. The zero-order chi connectivity index (χ0) is 25.3. The zero-order valence-corrected chi connectivity index (χ0v) is 20.2. The fraction of sp³-hybridized carbons (Fsp3) is 0.300. The number of carbonyl (C=O) groups excluding carboxylic acids is 3. The van der Waals surface area contributed by atoms with Crippen molar-refractivity contribution in [2.45, 2.75) is 37.4 Å². The number of amides is 3. The summed E-state index contributed by atoms with van der Waals surface area (Å²) in [6.07, 6.45) is 2.65. The van der Waals surface area contributed by atoms with E-state index in [1.807, 2.05) is 42.5 Å². The molecule has 37 heavy (non-hydrogen) atoms. The molecular weight excluding hydrogens is 469 g/mol. The Hall–Kier alpha value is -3.84. The lowest BCUT2D eigenvalue weighted by Gasteiger charge is -2.42. The van der Waals surface area contributed by atoms with Crippen LogP contribution in [0.4, 0.5) is 15.8 Å². The lowest BCUT2D eigenvalue weighted by molar-refractivity contribution is -0.138. The van der Waals surface area contributed by atoms with Crippen LogP contribution >= 0.6 is 0 Å². The van der Waals surface area contributed by atoms with Crippen molar-refractivity contribution in [2.75, 3.05) is 16.3 Å². The van der Waals surface area contributed by atoms with Crippen LogP contribution in [-0.4, -0.2) is 35.2 Å². The van der Waals surface area contributed by atoms with E-state index in [1.165, 1.54) is 17.0 Å². The third kappa shape index (κ3) is 2.92. The molecule has 4 aliphatic heterocycles. The first-order valence-electron chi connectivity index (χ1n) is 12.9. The van der Waals surface area contributed by atoms with Crippen molar-refractivity contribution in [1.29, 1.82) is 0 Å². The Balaban J connectivity index is 1.40. The van der Waals surface area contributed by atoms with Gasteiger partial charge >= 0.3 is 0 Å². The normalized spacial score (nSPS) is 28.7. The number of hydrogen-bond acceptors (Lipinski definition) is 4. The predicted molar refractivity (Wildman–Crippen MR) is 136 cm³/mol. The van der Waals surface area contributed by atoms with Gasteiger partial charge in [-0.2, -0.15) is 0 Å². The highest BCUT2D eigenvalue weighted by Gasteiger charge is 2.75. The van der Waals surface area contributed by atoms with E-state index in [1.54, 1.807) is 29.2 Å². The molecule has 4 aliphatic rings. The van der Waals surface area contributed by atoms with Gasteiger partial charge in [0, 0.05) is 17.3 Å². The third-order valence-corrected chi connectivity index (χ3v) is 8.66. The summed E-state index contributed by atoms with van der Waals surface area (Å²) in [6.45, 7) is 0.923. The van der Waals surface area contributed by atoms with E-state index in [9.17, 15) is 18.8 Å². The zero-order valence-electron chi connectivity index (χ0n) is 20.2. The summed E-state index contributed by atoms with van der Waals surface area (Å²) in [6, 6.07) is 22.6. The maximum atomic E-state index is 14.7. The number of rotatable bonds is 3. The number of piperidine rings is 1.